The average Bonchev–Trinajstić information content (AvgIpc) is 2.82. The largest absolute Gasteiger partial charge is 0.320 e. The quantitative estimate of drug-likeness (QED) is 0.698. The van der Waals surface area contributed by atoms with Crippen molar-refractivity contribution in [1.82, 2.24) is 5.32 Å². The number of fused-ring (bicyclic) bond motifs is 3. The van der Waals surface area contributed by atoms with E-state index in [-0.39, 0.29) is 13.3 Å². The van der Waals surface area contributed by atoms with Gasteiger partial charge in [0.1, 0.15) is 5.71 Å². The van der Waals surface area contributed by atoms with Crippen molar-refractivity contribution in [3.05, 3.63) is 59.8 Å². The molecule has 1 aromatic carbocycles. The van der Waals surface area contributed by atoms with Crippen molar-refractivity contribution in [3.8, 4) is 0 Å². The second-order valence-corrected chi connectivity index (χ2v) is 5.37. The zero-order valence-corrected chi connectivity index (χ0v) is 15.0. The minimum atomic E-state index is -0.0751. The lowest BCUT2D eigenvalue weighted by molar-refractivity contribution is -0.113. The van der Waals surface area contributed by atoms with Gasteiger partial charge in [-0.15, -0.1) is 0 Å². The molecular formula is C21H28N2O. The van der Waals surface area contributed by atoms with E-state index in [0.29, 0.717) is 5.71 Å². The predicted molar refractivity (Wildman–Crippen MR) is 105 cm³/mol. The summed E-state index contributed by atoms with van der Waals surface area (Å²) >= 11 is 0. The number of benzene rings is 1. The molecule has 0 fully saturated rings. The van der Waals surface area contributed by atoms with Crippen molar-refractivity contribution < 1.29 is 6.22 Å². The maximum absolute atomic E-state index is 12.4. The molecule has 3 aliphatic rings. The van der Waals surface area contributed by atoms with Gasteiger partial charge in [-0.3, -0.25) is 9.79 Å². The smallest absolute Gasteiger partial charge is 0.270 e. The molecule has 1 amide bonds. The number of hydrogen-bond acceptors (Lipinski definition) is 2. The third-order valence-electron chi connectivity index (χ3n) is 4.24. The molecule has 24 heavy (non-hydrogen) atoms. The molecule has 2 aliphatic heterocycles. The molecule has 1 unspecified atom stereocenters. The Balaban J connectivity index is 0.000000586. The molecule has 128 valence electrons. The Morgan fingerprint density at radius 3 is 2.54 bits per heavy atom. The van der Waals surface area contributed by atoms with Crippen molar-refractivity contribution in [2.45, 2.75) is 40.5 Å². The summed E-state index contributed by atoms with van der Waals surface area (Å²) in [7, 11) is 0. The van der Waals surface area contributed by atoms with E-state index in [2.05, 4.69) is 23.0 Å². The van der Waals surface area contributed by atoms with Crippen LogP contribution in [0.5, 0.6) is 0 Å². The van der Waals surface area contributed by atoms with Crippen LogP contribution in [0, 0.1) is 5.92 Å². The third kappa shape index (κ3) is 2.99. The van der Waals surface area contributed by atoms with Gasteiger partial charge in [-0.25, -0.2) is 0 Å². The lowest BCUT2D eigenvalue weighted by Crippen LogP contribution is -2.33. The summed E-state index contributed by atoms with van der Waals surface area (Å²) < 4.78 is 0. The van der Waals surface area contributed by atoms with Gasteiger partial charge in [0, 0.05) is 19.1 Å². The lowest BCUT2D eigenvalue weighted by Gasteiger charge is -2.17. The standard InChI is InChI=1S/C17H14N2O.2C2H6.H2/c1-10-12-6-2-3-7-13(12)16-14(10)9-11-5-4-8-18-15(11)17(20)19-16;2*1-2;/h2-4,6-8,11H,1,5,9H2,(H,19,20);2*1-2H3;1H. The van der Waals surface area contributed by atoms with Gasteiger partial charge in [0.2, 0.25) is 0 Å². The fourth-order valence-electron chi connectivity index (χ4n) is 3.23. The summed E-state index contributed by atoms with van der Waals surface area (Å²) in [6.07, 6.45) is 5.44. The molecule has 3 nitrogen and oxygen atoms in total. The Hall–Kier alpha value is -2.42. The molecule has 1 N–H and O–H groups in total. The van der Waals surface area contributed by atoms with E-state index >= 15 is 0 Å². The number of rotatable bonds is 0. The molecule has 0 radical (unpaired) electrons. The Labute approximate surface area is 146 Å². The van der Waals surface area contributed by atoms with Crippen LogP contribution in [0.25, 0.3) is 11.3 Å². The number of aliphatic imine (C=N–C) groups is 1. The van der Waals surface area contributed by atoms with Crippen LogP contribution in [0.3, 0.4) is 0 Å². The fourth-order valence-corrected chi connectivity index (χ4v) is 3.23. The second kappa shape index (κ2) is 7.91. The summed E-state index contributed by atoms with van der Waals surface area (Å²) in [5, 5.41) is 3.04. The first-order valence-corrected chi connectivity index (χ1v) is 8.82. The molecule has 2 heterocycles. The number of amides is 1. The zero-order valence-electron chi connectivity index (χ0n) is 15.0. The van der Waals surface area contributed by atoms with Gasteiger partial charge in [-0.2, -0.15) is 0 Å². The van der Waals surface area contributed by atoms with E-state index in [1.807, 2.05) is 52.0 Å². The normalized spacial score (nSPS) is 20.2. The summed E-state index contributed by atoms with van der Waals surface area (Å²) in [6.45, 7) is 12.2. The molecule has 0 bridgehead atoms. The van der Waals surface area contributed by atoms with Crippen LogP contribution in [-0.2, 0) is 4.79 Å². The van der Waals surface area contributed by atoms with Crippen LogP contribution in [0.15, 0.2) is 53.7 Å². The lowest BCUT2D eigenvalue weighted by atomic mass is 9.88. The van der Waals surface area contributed by atoms with Gasteiger partial charge in [0.05, 0.1) is 5.70 Å². The molecule has 1 aliphatic carbocycles. The van der Waals surface area contributed by atoms with E-state index < -0.39 is 0 Å². The Bertz CT molecular complexity index is 744. The Morgan fingerprint density at radius 2 is 1.83 bits per heavy atom. The molecule has 1 atom stereocenters. The summed E-state index contributed by atoms with van der Waals surface area (Å²) in [5.41, 5.74) is 5.97. The van der Waals surface area contributed by atoms with E-state index in [1.165, 1.54) is 0 Å². The monoisotopic (exact) mass is 324 g/mol. The van der Waals surface area contributed by atoms with Crippen LogP contribution in [0.2, 0.25) is 0 Å². The van der Waals surface area contributed by atoms with Gasteiger partial charge in [0.25, 0.3) is 5.91 Å². The number of carbonyl (C=O) groups is 1. The molecule has 0 saturated carbocycles. The molecular weight excluding hydrogens is 296 g/mol. The molecule has 0 spiro atoms. The van der Waals surface area contributed by atoms with Crippen LogP contribution in [-0.4, -0.2) is 11.6 Å². The van der Waals surface area contributed by atoms with Gasteiger partial charge in [-0.1, -0.05) is 64.6 Å². The number of nitrogens with zero attached hydrogens (tertiary/aromatic N) is 1. The summed E-state index contributed by atoms with van der Waals surface area (Å²) in [4.78, 5) is 16.6. The van der Waals surface area contributed by atoms with Gasteiger partial charge in [-0.05, 0) is 29.6 Å². The zero-order chi connectivity index (χ0) is 17.7. The number of hydrogen-bond donors (Lipinski definition) is 1. The maximum Gasteiger partial charge on any atom is 0.270 e. The SMILES string of the molecule is C=C1C2=C(NC(=O)C3=NC=CCC3C2)c2ccccc21.CC.CC.[HH]. The van der Waals surface area contributed by atoms with Gasteiger partial charge in [0.15, 0.2) is 0 Å². The first kappa shape index (κ1) is 17.9. The van der Waals surface area contributed by atoms with Crippen LogP contribution in [0.1, 0.15) is 53.1 Å². The van der Waals surface area contributed by atoms with Crippen LogP contribution in [0.4, 0.5) is 0 Å². The van der Waals surface area contributed by atoms with Gasteiger partial charge >= 0.3 is 0 Å². The minimum absolute atomic E-state index is 0. The van der Waals surface area contributed by atoms with E-state index in [1.54, 1.807) is 6.20 Å². The minimum Gasteiger partial charge on any atom is -0.320 e. The second-order valence-electron chi connectivity index (χ2n) is 5.37. The van der Waals surface area contributed by atoms with E-state index in [4.69, 9.17) is 0 Å². The van der Waals surface area contributed by atoms with Crippen molar-refractivity contribution in [2.24, 2.45) is 10.9 Å². The number of carbonyl (C=O) groups excluding carboxylic acids is 1. The average molecular weight is 324 g/mol. The topological polar surface area (TPSA) is 41.5 Å². The van der Waals surface area contributed by atoms with E-state index in [0.717, 1.165) is 40.8 Å². The highest BCUT2D eigenvalue weighted by atomic mass is 16.1. The first-order chi connectivity index (χ1) is 11.8. The van der Waals surface area contributed by atoms with Gasteiger partial charge < -0.3 is 5.32 Å². The molecule has 3 heteroatoms. The first-order valence-electron chi connectivity index (χ1n) is 8.82. The third-order valence-corrected chi connectivity index (χ3v) is 4.24. The number of nitrogens with one attached hydrogen (secondary N) is 1. The predicted octanol–water partition coefficient (Wildman–Crippen LogP) is 5.22. The van der Waals surface area contributed by atoms with Crippen molar-refractivity contribution >= 4 is 22.9 Å². The molecule has 4 rings (SSSR count). The van der Waals surface area contributed by atoms with Crippen molar-refractivity contribution in [1.29, 1.82) is 0 Å². The van der Waals surface area contributed by atoms with Crippen molar-refractivity contribution in [2.75, 3.05) is 0 Å². The van der Waals surface area contributed by atoms with E-state index in [9.17, 15) is 4.79 Å². The highest BCUT2D eigenvalue weighted by molar-refractivity contribution is 6.42. The van der Waals surface area contributed by atoms with Crippen LogP contribution >= 0.6 is 0 Å². The molecule has 0 saturated heterocycles. The highest BCUT2D eigenvalue weighted by Crippen LogP contribution is 2.43. The fraction of sp³-hybridized carbons (Fsp3) is 0.333. The highest BCUT2D eigenvalue weighted by Gasteiger charge is 2.35. The summed E-state index contributed by atoms with van der Waals surface area (Å²) in [6, 6.07) is 8.10. The van der Waals surface area contributed by atoms with Crippen molar-refractivity contribution in [3.63, 3.8) is 0 Å². The molecule has 1 aromatic rings. The Morgan fingerprint density at radius 1 is 1.17 bits per heavy atom. The Kier molecular flexibility index (Phi) is 5.91. The number of allylic oxidation sites excluding steroid dienone is 3. The van der Waals surface area contributed by atoms with Crippen LogP contribution < -0.4 is 5.32 Å². The summed E-state index contributed by atoms with van der Waals surface area (Å²) in [5.74, 6) is 0.0902. The maximum atomic E-state index is 12.4. The molecule has 0 aromatic heterocycles.